The zero-order valence-corrected chi connectivity index (χ0v) is 14.0. The molecule has 5 rings (SSSR count). The highest BCUT2D eigenvalue weighted by Gasteiger charge is 2.53. The maximum atomic E-state index is 12.5. The van der Waals surface area contributed by atoms with Crippen LogP contribution in [-0.2, 0) is 19.1 Å². The number of allylic oxidation sites excluding steroid dienone is 1. The van der Waals surface area contributed by atoms with Crippen LogP contribution in [0.3, 0.4) is 0 Å². The first-order valence-electron chi connectivity index (χ1n) is 8.66. The van der Waals surface area contributed by atoms with Gasteiger partial charge in [0.05, 0.1) is 17.9 Å². The minimum Gasteiger partial charge on any atom is -0.472 e. The van der Waals surface area contributed by atoms with Crippen LogP contribution in [0.15, 0.2) is 57.0 Å². The number of hydrogen-bond donors (Lipinski definition) is 0. The van der Waals surface area contributed by atoms with Gasteiger partial charge in [0.2, 0.25) is 0 Å². The van der Waals surface area contributed by atoms with E-state index in [0.717, 1.165) is 40.7 Å². The third kappa shape index (κ3) is 1.84. The van der Waals surface area contributed by atoms with Crippen molar-refractivity contribution in [1.82, 2.24) is 0 Å². The largest absolute Gasteiger partial charge is 0.472 e. The second-order valence-corrected chi connectivity index (χ2v) is 7.15. The fourth-order valence-electron chi connectivity index (χ4n) is 4.90. The maximum Gasteiger partial charge on any atom is 0.335 e. The lowest BCUT2D eigenvalue weighted by Gasteiger charge is -2.34. The van der Waals surface area contributed by atoms with Crippen LogP contribution in [0.1, 0.15) is 44.3 Å². The number of carbonyl (C=O) groups excluding carboxylic acids is 2. The van der Waals surface area contributed by atoms with E-state index in [1.54, 1.807) is 12.5 Å². The second kappa shape index (κ2) is 4.97. The average Bonchev–Trinajstić information content (AvgIpc) is 3.29. The molecule has 3 heterocycles. The molecule has 2 aliphatic heterocycles. The van der Waals surface area contributed by atoms with Crippen molar-refractivity contribution >= 4 is 11.9 Å². The average molecular weight is 338 g/mol. The zero-order chi connectivity index (χ0) is 17.2. The first-order valence-corrected chi connectivity index (χ1v) is 8.66. The normalized spacial score (nSPS) is 31.1. The molecule has 128 valence electrons. The van der Waals surface area contributed by atoms with Crippen LogP contribution in [-0.4, -0.2) is 18.5 Å². The highest BCUT2D eigenvalue weighted by Crippen LogP contribution is 2.56. The molecular formula is C20H18O5. The summed E-state index contributed by atoms with van der Waals surface area (Å²) in [5, 5.41) is 0. The van der Waals surface area contributed by atoms with Crippen molar-refractivity contribution in [3.63, 3.8) is 0 Å². The van der Waals surface area contributed by atoms with Gasteiger partial charge in [0.25, 0.3) is 0 Å². The molecule has 1 aromatic heterocycles. The van der Waals surface area contributed by atoms with Gasteiger partial charge in [-0.1, -0.05) is 11.6 Å². The van der Waals surface area contributed by atoms with Gasteiger partial charge in [-0.2, -0.15) is 0 Å². The highest BCUT2D eigenvalue weighted by molar-refractivity contribution is 5.96. The lowest BCUT2D eigenvalue weighted by atomic mass is 9.67. The van der Waals surface area contributed by atoms with Crippen molar-refractivity contribution in [2.45, 2.75) is 38.7 Å². The topological polar surface area (TPSA) is 65.7 Å². The lowest BCUT2D eigenvalue weighted by Crippen LogP contribution is -2.30. The monoisotopic (exact) mass is 338 g/mol. The number of carbonyl (C=O) groups is 2. The molecule has 5 nitrogen and oxygen atoms in total. The van der Waals surface area contributed by atoms with Crippen molar-refractivity contribution in [3.05, 3.63) is 58.1 Å². The summed E-state index contributed by atoms with van der Waals surface area (Å²) < 4.78 is 16.3. The molecule has 0 saturated carbocycles. The van der Waals surface area contributed by atoms with Crippen molar-refractivity contribution in [2.75, 3.05) is 6.61 Å². The van der Waals surface area contributed by atoms with E-state index in [9.17, 15) is 9.59 Å². The Morgan fingerprint density at radius 3 is 2.88 bits per heavy atom. The van der Waals surface area contributed by atoms with Gasteiger partial charge in [0.15, 0.2) is 6.10 Å². The molecule has 0 radical (unpaired) electrons. The van der Waals surface area contributed by atoms with E-state index in [4.69, 9.17) is 13.9 Å². The van der Waals surface area contributed by atoms with Crippen LogP contribution >= 0.6 is 0 Å². The van der Waals surface area contributed by atoms with E-state index < -0.39 is 6.10 Å². The van der Waals surface area contributed by atoms with Gasteiger partial charge in [-0.15, -0.1) is 0 Å². The quantitative estimate of drug-likeness (QED) is 0.733. The van der Waals surface area contributed by atoms with E-state index in [1.807, 2.05) is 12.1 Å². The predicted molar refractivity (Wildman–Crippen MR) is 87.2 cm³/mol. The number of esters is 2. The molecule has 0 amide bonds. The smallest absolute Gasteiger partial charge is 0.335 e. The van der Waals surface area contributed by atoms with Crippen molar-refractivity contribution < 1.29 is 23.5 Å². The number of cyclic esters (lactones) is 2. The van der Waals surface area contributed by atoms with Gasteiger partial charge in [0.1, 0.15) is 6.61 Å². The first kappa shape index (κ1) is 14.8. The minimum absolute atomic E-state index is 0.207. The SMILES string of the molecule is CC1=C2CCC=C3C(=O)OC[C@]32CCC2=C1[C@@H](c1ccoc1)OC2=O. The Hall–Kier alpha value is -2.56. The molecule has 0 aromatic carbocycles. The van der Waals surface area contributed by atoms with Gasteiger partial charge < -0.3 is 13.9 Å². The Bertz CT molecular complexity index is 883. The molecule has 0 bridgehead atoms. The summed E-state index contributed by atoms with van der Waals surface area (Å²) in [7, 11) is 0. The van der Waals surface area contributed by atoms with Gasteiger partial charge in [0, 0.05) is 22.3 Å². The minimum atomic E-state index is -0.420. The fraction of sp³-hybridized carbons (Fsp3) is 0.400. The number of hydrogen-bond acceptors (Lipinski definition) is 5. The summed E-state index contributed by atoms with van der Waals surface area (Å²) in [5.41, 5.74) is 5.26. The van der Waals surface area contributed by atoms with Crippen LogP contribution < -0.4 is 0 Å². The Labute approximate surface area is 145 Å². The molecule has 2 aliphatic carbocycles. The van der Waals surface area contributed by atoms with Crippen LogP contribution in [0.25, 0.3) is 0 Å². The van der Waals surface area contributed by atoms with Crippen molar-refractivity contribution in [3.8, 4) is 0 Å². The van der Waals surface area contributed by atoms with Gasteiger partial charge in [-0.3, -0.25) is 0 Å². The number of furan rings is 1. The third-order valence-corrected chi connectivity index (χ3v) is 6.07. The molecule has 0 unspecified atom stereocenters. The number of ether oxygens (including phenoxy) is 2. The summed E-state index contributed by atoms with van der Waals surface area (Å²) in [6, 6.07) is 1.83. The number of rotatable bonds is 1. The molecule has 1 fully saturated rings. The third-order valence-electron chi connectivity index (χ3n) is 6.07. The molecule has 2 atom stereocenters. The lowest BCUT2D eigenvalue weighted by molar-refractivity contribution is -0.140. The van der Waals surface area contributed by atoms with Crippen molar-refractivity contribution in [2.24, 2.45) is 5.41 Å². The Morgan fingerprint density at radius 1 is 1.20 bits per heavy atom. The highest BCUT2D eigenvalue weighted by atomic mass is 16.6. The van der Waals surface area contributed by atoms with Gasteiger partial charge in [-0.05, 0) is 44.2 Å². The van der Waals surface area contributed by atoms with Gasteiger partial charge >= 0.3 is 11.9 Å². The zero-order valence-electron chi connectivity index (χ0n) is 14.0. The summed E-state index contributed by atoms with van der Waals surface area (Å²) in [4.78, 5) is 24.7. The molecule has 1 saturated heterocycles. The summed E-state index contributed by atoms with van der Waals surface area (Å²) >= 11 is 0. The molecule has 4 aliphatic rings. The predicted octanol–water partition coefficient (Wildman–Crippen LogP) is 3.55. The van der Waals surface area contributed by atoms with Crippen LogP contribution in [0.2, 0.25) is 0 Å². The molecule has 1 spiro atoms. The standard InChI is InChI=1S/C20H18O5/c1-11-14-3-2-4-15-19(22)24-10-20(14,15)7-5-13-16(11)17(25-18(13)21)12-6-8-23-9-12/h4,6,8-9,17H,2-3,5,7,10H2,1H3/t17-,20+/m1/s1. The first-order chi connectivity index (χ1) is 12.1. The summed E-state index contributed by atoms with van der Waals surface area (Å²) in [6.45, 7) is 2.44. The van der Waals surface area contributed by atoms with E-state index in [1.165, 1.54) is 5.57 Å². The summed E-state index contributed by atoms with van der Waals surface area (Å²) in [6.07, 6.45) is 7.83. The van der Waals surface area contributed by atoms with Crippen LogP contribution in [0, 0.1) is 5.41 Å². The Kier molecular flexibility index (Phi) is 2.94. The molecule has 25 heavy (non-hydrogen) atoms. The van der Waals surface area contributed by atoms with Crippen LogP contribution in [0.4, 0.5) is 0 Å². The van der Waals surface area contributed by atoms with E-state index >= 15 is 0 Å². The molecular weight excluding hydrogens is 320 g/mol. The fourth-order valence-corrected chi connectivity index (χ4v) is 4.90. The van der Waals surface area contributed by atoms with Crippen LogP contribution in [0.5, 0.6) is 0 Å². The van der Waals surface area contributed by atoms with Gasteiger partial charge in [-0.25, -0.2) is 9.59 Å². The van der Waals surface area contributed by atoms with E-state index in [-0.39, 0.29) is 17.4 Å². The molecule has 1 aromatic rings. The van der Waals surface area contributed by atoms with E-state index in [0.29, 0.717) is 19.4 Å². The Balaban J connectivity index is 1.69. The molecule has 0 N–H and O–H groups in total. The Morgan fingerprint density at radius 2 is 2.08 bits per heavy atom. The second-order valence-electron chi connectivity index (χ2n) is 7.15. The maximum absolute atomic E-state index is 12.5. The van der Waals surface area contributed by atoms with Crippen molar-refractivity contribution in [1.29, 1.82) is 0 Å². The molecule has 5 heteroatoms. The summed E-state index contributed by atoms with van der Waals surface area (Å²) in [5.74, 6) is -0.465. The van der Waals surface area contributed by atoms with E-state index in [2.05, 4.69) is 6.92 Å².